The molecule has 9 heteroatoms. The summed E-state index contributed by atoms with van der Waals surface area (Å²) in [5.41, 5.74) is -1.86. The number of hydrogen-bond acceptors (Lipinski definition) is 5. The number of nitro groups is 1. The molecule has 0 radical (unpaired) electrons. The highest BCUT2D eigenvalue weighted by atomic mass is 32.1. The molecule has 106 valence electrons. The van der Waals surface area contributed by atoms with Crippen LogP contribution < -0.4 is 5.32 Å². The van der Waals surface area contributed by atoms with Gasteiger partial charge in [0.1, 0.15) is 17.6 Å². The van der Waals surface area contributed by atoms with Crippen molar-refractivity contribution < 1.29 is 18.1 Å². The van der Waals surface area contributed by atoms with E-state index in [9.17, 15) is 23.3 Å². The topological polar surface area (TPSA) is 68.1 Å². The SMILES string of the molecule is O=[N+]([O-])c1cnc(C(F)(F)F)cc1NCc1cccs1. The number of nitrogens with one attached hydrogen (secondary N) is 1. The Morgan fingerprint density at radius 1 is 1.45 bits per heavy atom. The molecule has 0 aliphatic carbocycles. The van der Waals surface area contributed by atoms with E-state index in [0.717, 1.165) is 4.88 Å². The third kappa shape index (κ3) is 3.23. The van der Waals surface area contributed by atoms with Crippen LogP contribution in [0, 0.1) is 10.1 Å². The van der Waals surface area contributed by atoms with Gasteiger partial charge in [0.2, 0.25) is 0 Å². The summed E-state index contributed by atoms with van der Waals surface area (Å²) in [4.78, 5) is 13.9. The largest absolute Gasteiger partial charge is 0.433 e. The molecule has 2 rings (SSSR count). The molecular formula is C11H8F3N3O2S. The molecule has 0 atom stereocenters. The summed E-state index contributed by atoms with van der Waals surface area (Å²) in [6, 6.07) is 4.20. The van der Waals surface area contributed by atoms with Gasteiger partial charge in [-0.1, -0.05) is 6.07 Å². The van der Waals surface area contributed by atoms with Crippen molar-refractivity contribution in [1.29, 1.82) is 0 Å². The Balaban J connectivity index is 2.29. The molecule has 0 saturated heterocycles. The maximum Gasteiger partial charge on any atom is 0.433 e. The Kier molecular flexibility index (Phi) is 3.89. The Morgan fingerprint density at radius 2 is 2.20 bits per heavy atom. The molecule has 20 heavy (non-hydrogen) atoms. The second-order valence-corrected chi connectivity index (χ2v) is 4.81. The first-order valence-corrected chi connectivity index (χ1v) is 6.24. The van der Waals surface area contributed by atoms with Gasteiger partial charge in [0, 0.05) is 11.4 Å². The summed E-state index contributed by atoms with van der Waals surface area (Å²) in [6.45, 7) is 0.208. The number of anilines is 1. The molecule has 0 aliphatic rings. The summed E-state index contributed by atoms with van der Waals surface area (Å²) in [5, 5.41) is 15.2. The quantitative estimate of drug-likeness (QED) is 0.691. The standard InChI is InChI=1S/C11H8F3N3O2S/c12-11(13,14)10-4-8(9(6-16-10)17(18)19)15-5-7-2-1-3-20-7/h1-4,6H,5H2,(H,15,16). The van der Waals surface area contributed by atoms with E-state index >= 15 is 0 Å². The van der Waals surface area contributed by atoms with Crippen molar-refractivity contribution in [3.8, 4) is 0 Å². The smallest absolute Gasteiger partial charge is 0.374 e. The van der Waals surface area contributed by atoms with Gasteiger partial charge in [-0.2, -0.15) is 13.2 Å². The first-order valence-electron chi connectivity index (χ1n) is 5.36. The number of rotatable bonds is 4. The number of pyridine rings is 1. The first kappa shape index (κ1) is 14.3. The zero-order valence-electron chi connectivity index (χ0n) is 9.85. The van der Waals surface area contributed by atoms with Gasteiger partial charge in [-0.15, -0.1) is 11.3 Å². The zero-order chi connectivity index (χ0) is 14.8. The van der Waals surface area contributed by atoms with Crippen LogP contribution in [-0.2, 0) is 12.7 Å². The summed E-state index contributed by atoms with van der Waals surface area (Å²) in [7, 11) is 0. The molecule has 0 amide bonds. The molecule has 0 aliphatic heterocycles. The molecule has 1 N–H and O–H groups in total. The van der Waals surface area contributed by atoms with Crippen LogP contribution in [-0.4, -0.2) is 9.91 Å². The molecule has 0 bridgehead atoms. The van der Waals surface area contributed by atoms with Crippen LogP contribution in [0.3, 0.4) is 0 Å². The lowest BCUT2D eigenvalue weighted by atomic mass is 10.2. The predicted molar refractivity (Wildman–Crippen MR) is 67.5 cm³/mol. The molecule has 0 aromatic carbocycles. The predicted octanol–water partition coefficient (Wildman–Crippen LogP) is 3.68. The second-order valence-electron chi connectivity index (χ2n) is 3.77. The van der Waals surface area contributed by atoms with Crippen molar-refractivity contribution in [3.05, 3.63) is 50.5 Å². The van der Waals surface area contributed by atoms with Crippen molar-refractivity contribution in [2.45, 2.75) is 12.7 Å². The lowest BCUT2D eigenvalue weighted by Gasteiger charge is -2.09. The van der Waals surface area contributed by atoms with E-state index in [1.165, 1.54) is 11.3 Å². The Bertz CT molecular complexity index is 614. The zero-order valence-corrected chi connectivity index (χ0v) is 10.7. The van der Waals surface area contributed by atoms with Gasteiger partial charge >= 0.3 is 11.9 Å². The third-order valence-corrected chi connectivity index (χ3v) is 3.28. The summed E-state index contributed by atoms with van der Waals surface area (Å²) in [6.07, 6.45) is -4.03. The van der Waals surface area contributed by atoms with Crippen LogP contribution in [0.2, 0.25) is 0 Å². The van der Waals surface area contributed by atoms with Gasteiger partial charge in [0.05, 0.1) is 4.92 Å². The fourth-order valence-electron chi connectivity index (χ4n) is 1.49. The maximum absolute atomic E-state index is 12.6. The minimum atomic E-state index is -4.64. The van der Waals surface area contributed by atoms with Gasteiger partial charge in [-0.05, 0) is 17.5 Å². The van der Waals surface area contributed by atoms with Gasteiger partial charge in [-0.25, -0.2) is 4.98 Å². The van der Waals surface area contributed by atoms with Crippen molar-refractivity contribution in [2.24, 2.45) is 0 Å². The number of hydrogen-bond donors (Lipinski definition) is 1. The van der Waals surface area contributed by atoms with Crippen LogP contribution in [0.5, 0.6) is 0 Å². The number of alkyl halides is 3. The van der Waals surface area contributed by atoms with Crippen molar-refractivity contribution in [3.63, 3.8) is 0 Å². The van der Waals surface area contributed by atoms with Crippen LogP contribution >= 0.6 is 11.3 Å². The monoisotopic (exact) mass is 303 g/mol. The Hall–Kier alpha value is -2.16. The molecule has 2 aromatic rings. The van der Waals surface area contributed by atoms with E-state index in [1.54, 1.807) is 17.5 Å². The first-order chi connectivity index (χ1) is 9.38. The number of halogens is 3. The van der Waals surface area contributed by atoms with Crippen LogP contribution in [0.4, 0.5) is 24.5 Å². The molecule has 0 spiro atoms. The van der Waals surface area contributed by atoms with Gasteiger partial charge in [0.15, 0.2) is 0 Å². The molecule has 2 aromatic heterocycles. The Labute approximate surface area is 115 Å². The van der Waals surface area contributed by atoms with Crippen LogP contribution in [0.15, 0.2) is 29.8 Å². The lowest BCUT2D eigenvalue weighted by Crippen LogP contribution is -2.10. The van der Waals surface area contributed by atoms with E-state index in [4.69, 9.17) is 0 Å². The number of aromatic nitrogens is 1. The fourth-order valence-corrected chi connectivity index (χ4v) is 2.13. The van der Waals surface area contributed by atoms with Crippen molar-refractivity contribution in [2.75, 3.05) is 5.32 Å². The third-order valence-electron chi connectivity index (χ3n) is 2.40. The van der Waals surface area contributed by atoms with E-state index < -0.39 is 22.5 Å². The molecule has 0 fully saturated rings. The van der Waals surface area contributed by atoms with Crippen molar-refractivity contribution >= 4 is 22.7 Å². The highest BCUT2D eigenvalue weighted by Crippen LogP contribution is 2.33. The molecule has 2 heterocycles. The second kappa shape index (κ2) is 5.45. The van der Waals surface area contributed by atoms with E-state index in [0.29, 0.717) is 12.3 Å². The average Bonchev–Trinajstić information content (AvgIpc) is 2.87. The van der Waals surface area contributed by atoms with E-state index in [2.05, 4.69) is 10.3 Å². The van der Waals surface area contributed by atoms with Crippen LogP contribution in [0.25, 0.3) is 0 Å². The van der Waals surface area contributed by atoms with Crippen molar-refractivity contribution in [1.82, 2.24) is 4.98 Å². The summed E-state index contributed by atoms with van der Waals surface area (Å²) < 4.78 is 37.7. The van der Waals surface area contributed by atoms with Gasteiger partial charge < -0.3 is 5.32 Å². The van der Waals surface area contributed by atoms with Gasteiger partial charge in [0.25, 0.3) is 0 Å². The fraction of sp³-hybridized carbons (Fsp3) is 0.182. The number of thiophene rings is 1. The maximum atomic E-state index is 12.6. The average molecular weight is 303 g/mol. The normalized spacial score (nSPS) is 11.3. The lowest BCUT2D eigenvalue weighted by molar-refractivity contribution is -0.384. The van der Waals surface area contributed by atoms with Gasteiger partial charge in [-0.3, -0.25) is 10.1 Å². The van der Waals surface area contributed by atoms with Crippen LogP contribution in [0.1, 0.15) is 10.6 Å². The summed E-state index contributed by atoms with van der Waals surface area (Å²) in [5.74, 6) is 0. The molecular weight excluding hydrogens is 295 g/mol. The highest BCUT2D eigenvalue weighted by molar-refractivity contribution is 7.09. The van der Waals surface area contributed by atoms with E-state index in [1.807, 2.05) is 0 Å². The highest BCUT2D eigenvalue weighted by Gasteiger charge is 2.34. The minimum Gasteiger partial charge on any atom is -0.374 e. The minimum absolute atomic E-state index is 0.203. The number of nitrogens with zero attached hydrogens (tertiary/aromatic N) is 2. The molecule has 5 nitrogen and oxygen atoms in total. The molecule has 0 unspecified atom stereocenters. The summed E-state index contributed by atoms with van der Waals surface area (Å²) >= 11 is 1.40. The van der Waals surface area contributed by atoms with E-state index in [-0.39, 0.29) is 12.2 Å². The Morgan fingerprint density at radius 3 is 2.75 bits per heavy atom. The molecule has 0 saturated carbocycles.